The maximum Gasteiger partial charge on any atom is 0.0676 e. The lowest BCUT2D eigenvalue weighted by Gasteiger charge is -2.13. The van der Waals surface area contributed by atoms with Crippen LogP contribution in [0.4, 0.5) is 0 Å². The van der Waals surface area contributed by atoms with Gasteiger partial charge in [0.1, 0.15) is 0 Å². The number of allylic oxidation sites excluding steroid dienone is 4. The average molecular weight is 449 g/mol. The molecule has 0 atom stereocenters. The molecule has 0 saturated carbocycles. The molecule has 1 aliphatic carbocycles. The second-order valence-electron chi connectivity index (χ2n) is 8.73. The maximum atomic E-state index is 5.19. The standard InChI is InChI=1S/C8H14.C7H12O.C6H10S.C6H8S/c1-7-5-3-4-6-8(7)2;1-6-3-4-8-5-7(6)2;2*1-5-3-4-7-6(5)2/h3-6H2,1-2H3;3-5H2,1-2H3;3-4H2,1-2H3;3-4H,1-2H3. The minimum atomic E-state index is 0.853. The van der Waals surface area contributed by atoms with Crippen LogP contribution in [0.15, 0.2) is 44.2 Å². The van der Waals surface area contributed by atoms with Gasteiger partial charge in [-0.25, -0.2) is 0 Å². The Morgan fingerprint density at radius 3 is 1.53 bits per heavy atom. The van der Waals surface area contributed by atoms with Gasteiger partial charge in [-0.15, -0.1) is 23.1 Å². The summed E-state index contributed by atoms with van der Waals surface area (Å²) >= 11 is 3.79. The van der Waals surface area contributed by atoms with Gasteiger partial charge < -0.3 is 4.74 Å². The Morgan fingerprint density at radius 1 is 0.700 bits per heavy atom. The fourth-order valence-electron chi connectivity index (χ4n) is 3.10. The number of thioether (sulfide) groups is 1. The van der Waals surface area contributed by atoms with E-state index in [4.69, 9.17) is 4.74 Å². The van der Waals surface area contributed by atoms with E-state index < -0.39 is 0 Å². The maximum absolute atomic E-state index is 5.19. The highest BCUT2D eigenvalue weighted by molar-refractivity contribution is 8.03. The van der Waals surface area contributed by atoms with Crippen LogP contribution in [-0.4, -0.2) is 19.0 Å². The van der Waals surface area contributed by atoms with Gasteiger partial charge in [0.15, 0.2) is 0 Å². The third-order valence-electron chi connectivity index (χ3n) is 6.27. The van der Waals surface area contributed by atoms with E-state index in [1.165, 1.54) is 59.4 Å². The van der Waals surface area contributed by atoms with Crippen LogP contribution in [0.25, 0.3) is 0 Å². The molecule has 4 rings (SSSR count). The first-order valence-electron chi connectivity index (χ1n) is 11.4. The van der Waals surface area contributed by atoms with Crippen molar-refractivity contribution in [1.82, 2.24) is 0 Å². The van der Waals surface area contributed by atoms with Crippen LogP contribution in [0.2, 0.25) is 0 Å². The molecule has 2 aliphatic heterocycles. The van der Waals surface area contributed by atoms with Gasteiger partial charge in [-0.2, -0.15) is 0 Å². The van der Waals surface area contributed by atoms with Crippen molar-refractivity contribution in [2.45, 2.75) is 93.9 Å². The van der Waals surface area contributed by atoms with Gasteiger partial charge in [0.2, 0.25) is 0 Å². The molecule has 1 aromatic rings. The summed E-state index contributed by atoms with van der Waals surface area (Å²) in [4.78, 5) is 2.97. The molecule has 3 heterocycles. The highest BCUT2D eigenvalue weighted by Gasteiger charge is 2.05. The third-order valence-corrected chi connectivity index (χ3v) is 8.40. The molecule has 0 bridgehead atoms. The number of aryl methyl sites for hydroxylation is 2. The highest BCUT2D eigenvalue weighted by Crippen LogP contribution is 2.29. The molecule has 1 nitrogen and oxygen atoms in total. The topological polar surface area (TPSA) is 9.23 Å². The molecular weight excluding hydrogens is 404 g/mol. The Bertz CT molecular complexity index is 647. The molecule has 0 unspecified atom stereocenters. The van der Waals surface area contributed by atoms with Gasteiger partial charge in [0, 0.05) is 10.6 Å². The Kier molecular flexibility index (Phi) is 13.7. The van der Waals surface area contributed by atoms with E-state index >= 15 is 0 Å². The molecule has 0 amide bonds. The summed E-state index contributed by atoms with van der Waals surface area (Å²) < 4.78 is 5.19. The molecule has 0 aromatic carbocycles. The Balaban J connectivity index is 0.000000200. The number of hydrogen-bond donors (Lipinski definition) is 0. The van der Waals surface area contributed by atoms with Crippen molar-refractivity contribution >= 4 is 23.1 Å². The molecule has 0 saturated heterocycles. The zero-order chi connectivity index (χ0) is 22.5. The van der Waals surface area contributed by atoms with Crippen LogP contribution in [0.5, 0.6) is 0 Å². The van der Waals surface area contributed by atoms with Crippen molar-refractivity contribution in [2.24, 2.45) is 0 Å². The van der Waals surface area contributed by atoms with E-state index in [9.17, 15) is 0 Å². The van der Waals surface area contributed by atoms with Crippen LogP contribution >= 0.6 is 23.1 Å². The Labute approximate surface area is 195 Å². The van der Waals surface area contributed by atoms with Crippen molar-refractivity contribution in [3.8, 4) is 0 Å². The first kappa shape index (κ1) is 27.3. The zero-order valence-electron chi connectivity index (χ0n) is 20.7. The Hall–Kier alpha value is -0.770. The highest BCUT2D eigenvalue weighted by atomic mass is 32.2. The summed E-state index contributed by atoms with van der Waals surface area (Å²) in [5.41, 5.74) is 9.19. The number of thiophene rings is 1. The number of ether oxygens (including phenoxy) is 1. The number of hydrogen-bond acceptors (Lipinski definition) is 3. The molecule has 30 heavy (non-hydrogen) atoms. The lowest BCUT2D eigenvalue weighted by Crippen LogP contribution is -2.06. The largest absolute Gasteiger partial charge is 0.377 e. The molecule has 3 aliphatic rings. The van der Waals surface area contributed by atoms with Gasteiger partial charge in [0.25, 0.3) is 0 Å². The SMILES string of the molecule is CC1=C(C)CCCC1.CC1=C(C)COCC1.CC1=C(C)SCC1.Cc1ccsc1C. The van der Waals surface area contributed by atoms with Crippen LogP contribution in [0.3, 0.4) is 0 Å². The van der Waals surface area contributed by atoms with E-state index in [0.717, 1.165) is 19.6 Å². The Morgan fingerprint density at radius 2 is 1.30 bits per heavy atom. The zero-order valence-corrected chi connectivity index (χ0v) is 22.4. The molecule has 3 heteroatoms. The molecule has 0 spiro atoms. The van der Waals surface area contributed by atoms with Gasteiger partial charge >= 0.3 is 0 Å². The van der Waals surface area contributed by atoms with Crippen molar-refractivity contribution in [3.63, 3.8) is 0 Å². The number of rotatable bonds is 0. The summed E-state index contributed by atoms with van der Waals surface area (Å²) in [5, 5.41) is 2.12. The van der Waals surface area contributed by atoms with Crippen LogP contribution < -0.4 is 0 Å². The van der Waals surface area contributed by atoms with Gasteiger partial charge in [0.05, 0.1) is 13.2 Å². The summed E-state index contributed by atoms with van der Waals surface area (Å²) in [6.45, 7) is 19.3. The average Bonchev–Trinajstić information content (AvgIpc) is 3.29. The second-order valence-corrected chi connectivity index (χ2v) is 11.2. The van der Waals surface area contributed by atoms with E-state index in [0.29, 0.717) is 0 Å². The molecule has 170 valence electrons. The minimum Gasteiger partial charge on any atom is -0.377 e. The fraction of sp³-hybridized carbons (Fsp3) is 0.630. The first-order chi connectivity index (χ1) is 14.2. The lowest BCUT2D eigenvalue weighted by molar-refractivity contribution is 0.146. The van der Waals surface area contributed by atoms with Crippen LogP contribution in [-0.2, 0) is 4.74 Å². The third kappa shape index (κ3) is 11.0. The fourth-order valence-corrected chi connectivity index (χ4v) is 4.89. The molecule has 1 aromatic heterocycles. The lowest BCUT2D eigenvalue weighted by atomic mass is 9.94. The smallest absolute Gasteiger partial charge is 0.0676 e. The van der Waals surface area contributed by atoms with E-state index in [-0.39, 0.29) is 0 Å². The molecule has 0 fully saturated rings. The quantitative estimate of drug-likeness (QED) is 0.365. The van der Waals surface area contributed by atoms with E-state index in [1.54, 1.807) is 33.0 Å². The predicted octanol–water partition coefficient (Wildman–Crippen LogP) is 9.42. The van der Waals surface area contributed by atoms with Crippen LogP contribution in [0.1, 0.15) is 90.5 Å². The van der Waals surface area contributed by atoms with Gasteiger partial charge in [-0.05, 0) is 121 Å². The van der Waals surface area contributed by atoms with Crippen molar-refractivity contribution in [2.75, 3.05) is 19.0 Å². The minimum absolute atomic E-state index is 0.853. The van der Waals surface area contributed by atoms with Gasteiger partial charge in [-0.3, -0.25) is 0 Å². The van der Waals surface area contributed by atoms with Crippen molar-refractivity contribution in [3.05, 3.63) is 54.7 Å². The van der Waals surface area contributed by atoms with Crippen molar-refractivity contribution in [1.29, 1.82) is 0 Å². The van der Waals surface area contributed by atoms with Crippen molar-refractivity contribution < 1.29 is 4.74 Å². The molecule has 0 radical (unpaired) electrons. The van der Waals surface area contributed by atoms with Gasteiger partial charge in [-0.1, -0.05) is 22.3 Å². The second kappa shape index (κ2) is 15.1. The summed E-state index contributed by atoms with van der Waals surface area (Å²) in [7, 11) is 0. The predicted molar refractivity (Wildman–Crippen MR) is 140 cm³/mol. The normalized spacial score (nSPS) is 18.8. The first-order valence-corrected chi connectivity index (χ1v) is 13.3. The molecular formula is C27H44OS2. The summed E-state index contributed by atoms with van der Waals surface area (Å²) in [6, 6.07) is 2.14. The summed E-state index contributed by atoms with van der Waals surface area (Å²) in [6.07, 6.45) is 7.99. The van der Waals surface area contributed by atoms with E-state index in [1.807, 2.05) is 11.8 Å². The summed E-state index contributed by atoms with van der Waals surface area (Å²) in [5.74, 6) is 1.32. The van der Waals surface area contributed by atoms with Crippen LogP contribution in [0, 0.1) is 13.8 Å². The molecule has 0 N–H and O–H groups in total. The monoisotopic (exact) mass is 448 g/mol. The van der Waals surface area contributed by atoms with E-state index in [2.05, 4.69) is 66.8 Å².